The Bertz CT molecular complexity index is 1040. The number of piperidine rings is 1. The summed E-state index contributed by atoms with van der Waals surface area (Å²) in [5.74, 6) is 1.59. The number of carbonyl (C=O) groups excluding carboxylic acids is 1. The number of ether oxygens (including phenoxy) is 4. The lowest BCUT2D eigenvalue weighted by molar-refractivity contribution is -0.139. The Morgan fingerprint density at radius 2 is 2.00 bits per heavy atom. The van der Waals surface area contributed by atoms with Gasteiger partial charge in [0.2, 0.25) is 0 Å². The lowest BCUT2D eigenvalue weighted by Crippen LogP contribution is -2.51. The Morgan fingerprint density at radius 3 is 2.73 bits per heavy atom. The van der Waals surface area contributed by atoms with Crippen LogP contribution in [0.2, 0.25) is 0 Å². The summed E-state index contributed by atoms with van der Waals surface area (Å²) in [6.45, 7) is 4.00. The van der Waals surface area contributed by atoms with Gasteiger partial charge in [0.25, 0.3) is 0 Å². The zero-order valence-corrected chi connectivity index (χ0v) is 17.9. The van der Waals surface area contributed by atoms with Crippen LogP contribution in [0.4, 0.5) is 0 Å². The fraction of sp³-hybridized carbons (Fsp3) is 0.522. The van der Waals surface area contributed by atoms with Crippen molar-refractivity contribution in [3.05, 3.63) is 35.2 Å². The van der Waals surface area contributed by atoms with E-state index in [2.05, 4.69) is 22.9 Å². The number of esters is 1. The number of aromatic nitrogens is 1. The number of fused-ring (bicyclic) bond motifs is 6. The molecule has 7 heteroatoms. The number of rotatable bonds is 3. The zero-order valence-electron chi connectivity index (χ0n) is 17.9. The van der Waals surface area contributed by atoms with Gasteiger partial charge in [-0.2, -0.15) is 0 Å². The van der Waals surface area contributed by atoms with Gasteiger partial charge < -0.3 is 23.9 Å². The number of hydrogen-bond donors (Lipinski definition) is 1. The van der Waals surface area contributed by atoms with Gasteiger partial charge in [-0.25, -0.2) is 4.79 Å². The number of carbonyl (C=O) groups is 1. The highest BCUT2D eigenvalue weighted by Crippen LogP contribution is 2.48. The minimum Gasteiger partial charge on any atom is -0.497 e. The Labute approximate surface area is 178 Å². The minimum atomic E-state index is -0.285. The molecule has 3 aliphatic heterocycles. The second-order valence-electron chi connectivity index (χ2n) is 8.44. The van der Waals surface area contributed by atoms with E-state index in [0.717, 1.165) is 42.9 Å². The molecule has 0 amide bonds. The van der Waals surface area contributed by atoms with Crippen molar-refractivity contribution < 1.29 is 26.6 Å². The van der Waals surface area contributed by atoms with Crippen molar-refractivity contribution in [3.63, 3.8) is 0 Å². The molecular weight excluding hydrogens is 384 g/mol. The van der Waals surface area contributed by atoms with Gasteiger partial charge in [0.05, 0.1) is 45.3 Å². The molecule has 1 saturated heterocycles. The zero-order chi connectivity index (χ0) is 21.0. The van der Waals surface area contributed by atoms with Crippen LogP contribution in [0.1, 0.15) is 33.5 Å². The molecule has 1 aromatic carbocycles. The van der Waals surface area contributed by atoms with Crippen LogP contribution in [-0.4, -0.2) is 56.4 Å². The van der Waals surface area contributed by atoms with Crippen LogP contribution in [0.25, 0.3) is 10.9 Å². The van der Waals surface area contributed by atoms with E-state index in [1.807, 2.05) is 6.07 Å². The van der Waals surface area contributed by atoms with Gasteiger partial charge in [-0.15, -0.1) is 0 Å². The van der Waals surface area contributed by atoms with Crippen molar-refractivity contribution in [2.24, 2.45) is 11.8 Å². The largest absolute Gasteiger partial charge is 0.497 e. The van der Waals surface area contributed by atoms with Crippen LogP contribution in [-0.2, 0) is 20.7 Å². The SMILES string of the molecule is COC(=O)C1=CO[C@@H](C)[C@H]2CN3CCc4c([nH]c5cc(OC)c(OC)cc45)C3CC12.[HH].[HH]. The Kier molecular flexibility index (Phi) is 4.65. The molecule has 0 saturated carbocycles. The molecule has 2 aromatic rings. The smallest absolute Gasteiger partial charge is 0.337 e. The maximum atomic E-state index is 12.4. The van der Waals surface area contributed by atoms with Crippen LogP contribution >= 0.6 is 0 Å². The molecular formula is C23H32N2O5. The second kappa shape index (κ2) is 7.23. The molecule has 4 heterocycles. The predicted octanol–water partition coefficient (Wildman–Crippen LogP) is 3.69. The molecule has 2 unspecified atom stereocenters. The number of nitrogens with one attached hydrogen (secondary N) is 1. The van der Waals surface area contributed by atoms with Crippen molar-refractivity contribution in [1.82, 2.24) is 9.88 Å². The van der Waals surface area contributed by atoms with Gasteiger partial charge in [-0.05, 0) is 31.4 Å². The third-order valence-corrected chi connectivity index (χ3v) is 7.14. The number of nitrogens with zero attached hydrogens (tertiary/aromatic N) is 1. The fourth-order valence-corrected chi connectivity index (χ4v) is 5.56. The highest BCUT2D eigenvalue weighted by Gasteiger charge is 2.47. The lowest BCUT2D eigenvalue weighted by atomic mass is 9.72. The van der Waals surface area contributed by atoms with Gasteiger partial charge >= 0.3 is 5.97 Å². The summed E-state index contributed by atoms with van der Waals surface area (Å²) in [6, 6.07) is 4.32. The number of hydrogen-bond acceptors (Lipinski definition) is 6. The van der Waals surface area contributed by atoms with Crippen LogP contribution < -0.4 is 9.47 Å². The van der Waals surface area contributed by atoms with Gasteiger partial charge in [0.15, 0.2) is 11.5 Å². The lowest BCUT2D eigenvalue weighted by Gasteiger charge is -2.49. The van der Waals surface area contributed by atoms with Crippen molar-refractivity contribution >= 4 is 16.9 Å². The van der Waals surface area contributed by atoms with E-state index in [1.54, 1.807) is 20.5 Å². The van der Waals surface area contributed by atoms with Crippen molar-refractivity contribution in [3.8, 4) is 11.5 Å². The standard InChI is InChI=1S/C23H28N2O5.2H2/c1-12-16-10-25-6-5-13-15-8-20(27-2)21(28-3)9-18(15)24-22(13)19(25)7-14(16)17(11-30-12)23(26)29-4;;/h8-9,11-12,14,16,19,24H,5-7,10H2,1-4H3;2*1H/t12-,14?,16+,19?;;/m0../s1. The molecule has 0 radical (unpaired) electrons. The molecule has 30 heavy (non-hydrogen) atoms. The molecule has 5 rings (SSSR count). The monoisotopic (exact) mass is 416 g/mol. The van der Waals surface area contributed by atoms with Gasteiger partial charge in [0, 0.05) is 50.4 Å². The Morgan fingerprint density at radius 1 is 1.23 bits per heavy atom. The summed E-state index contributed by atoms with van der Waals surface area (Å²) in [5, 5.41) is 1.19. The Hall–Kier alpha value is -2.67. The molecule has 1 aromatic heterocycles. The summed E-state index contributed by atoms with van der Waals surface area (Å²) in [4.78, 5) is 18.6. The van der Waals surface area contributed by atoms with Gasteiger partial charge in [-0.1, -0.05) is 0 Å². The quantitative estimate of drug-likeness (QED) is 0.770. The van der Waals surface area contributed by atoms with Crippen LogP contribution in [0, 0.1) is 11.8 Å². The molecule has 1 N–H and O–H groups in total. The van der Waals surface area contributed by atoms with Gasteiger partial charge in [-0.3, -0.25) is 4.90 Å². The summed E-state index contributed by atoms with van der Waals surface area (Å²) >= 11 is 0. The molecule has 1 fully saturated rings. The van der Waals surface area contributed by atoms with E-state index in [4.69, 9.17) is 18.9 Å². The van der Waals surface area contributed by atoms with E-state index in [9.17, 15) is 4.79 Å². The molecule has 0 bridgehead atoms. The maximum Gasteiger partial charge on any atom is 0.337 e. The average Bonchev–Trinajstić information content (AvgIpc) is 3.14. The van der Waals surface area contributed by atoms with E-state index < -0.39 is 0 Å². The third kappa shape index (κ3) is 2.79. The minimum absolute atomic E-state index is 0. The van der Waals surface area contributed by atoms with E-state index >= 15 is 0 Å². The van der Waals surface area contributed by atoms with Crippen molar-refractivity contribution in [1.29, 1.82) is 0 Å². The van der Waals surface area contributed by atoms with Crippen LogP contribution in [0.3, 0.4) is 0 Å². The first-order chi connectivity index (χ1) is 14.5. The maximum absolute atomic E-state index is 12.4. The summed E-state index contributed by atoms with van der Waals surface area (Å²) in [5.41, 5.74) is 4.31. The Balaban J connectivity index is 0.00000144. The summed E-state index contributed by atoms with van der Waals surface area (Å²) in [6.07, 6.45) is 3.56. The number of H-pyrrole nitrogens is 1. The third-order valence-electron chi connectivity index (χ3n) is 7.14. The molecule has 7 nitrogen and oxygen atoms in total. The summed E-state index contributed by atoms with van der Waals surface area (Å²) < 4.78 is 21.9. The van der Waals surface area contributed by atoms with E-state index in [-0.39, 0.29) is 32.8 Å². The van der Waals surface area contributed by atoms with Crippen LogP contribution in [0.5, 0.6) is 11.5 Å². The van der Waals surface area contributed by atoms with Gasteiger partial charge in [0.1, 0.15) is 0 Å². The topological polar surface area (TPSA) is 73.0 Å². The molecule has 3 aliphatic rings. The second-order valence-corrected chi connectivity index (χ2v) is 8.44. The van der Waals surface area contributed by atoms with Crippen LogP contribution in [0.15, 0.2) is 24.0 Å². The first-order valence-corrected chi connectivity index (χ1v) is 10.5. The molecule has 0 aliphatic carbocycles. The first kappa shape index (κ1) is 19.3. The van der Waals surface area contributed by atoms with E-state index in [0.29, 0.717) is 5.57 Å². The number of benzene rings is 1. The van der Waals surface area contributed by atoms with Crippen molar-refractivity contribution in [2.75, 3.05) is 34.4 Å². The molecule has 164 valence electrons. The highest BCUT2D eigenvalue weighted by atomic mass is 16.5. The normalized spacial score (nSPS) is 27.9. The average molecular weight is 417 g/mol. The predicted molar refractivity (Wildman–Crippen MR) is 116 cm³/mol. The molecule has 0 spiro atoms. The number of aromatic amines is 1. The summed E-state index contributed by atoms with van der Waals surface area (Å²) in [7, 11) is 4.75. The fourth-order valence-electron chi connectivity index (χ4n) is 5.56. The van der Waals surface area contributed by atoms with E-state index in [1.165, 1.54) is 23.8 Å². The van der Waals surface area contributed by atoms with Crippen molar-refractivity contribution in [2.45, 2.75) is 31.9 Å². The highest BCUT2D eigenvalue weighted by molar-refractivity contribution is 5.89. The first-order valence-electron chi connectivity index (χ1n) is 10.5. The number of methoxy groups -OCH3 is 3. The molecule has 4 atom stereocenters.